The molecule has 3 aromatic heterocycles. The number of carbonyl (C=O) groups excluding carboxylic acids is 2. The number of carbonyl (C=O) groups is 2. The van der Waals surface area contributed by atoms with E-state index in [-0.39, 0.29) is 42.5 Å². The van der Waals surface area contributed by atoms with E-state index >= 15 is 0 Å². The molecule has 292 valence electrons. The van der Waals surface area contributed by atoms with Gasteiger partial charge < -0.3 is 34.6 Å². The maximum absolute atomic E-state index is 13.8. The van der Waals surface area contributed by atoms with Crippen LogP contribution < -0.4 is 10.6 Å². The van der Waals surface area contributed by atoms with E-state index in [0.717, 1.165) is 71.0 Å². The van der Waals surface area contributed by atoms with Gasteiger partial charge in [0, 0.05) is 19.3 Å². The third-order valence-corrected chi connectivity index (χ3v) is 11.1. The van der Waals surface area contributed by atoms with Crippen molar-refractivity contribution in [3.05, 3.63) is 91.2 Å². The van der Waals surface area contributed by atoms with Crippen LogP contribution in [0.25, 0.3) is 33.6 Å². The summed E-state index contributed by atoms with van der Waals surface area (Å²) in [5, 5.41) is 6.52. The summed E-state index contributed by atoms with van der Waals surface area (Å²) in [5.41, 5.74) is 6.07. The SMILES string of the molecule is CC(C)[C@H](Nc1ccncn1)C(=O)N1CCC[C@H]1c1ncc(-c2ccc(-c3ccc(-c4cnc([C@@H]5CCCN5C(=O)[C@@H](NC5OCO5)C(C)C)[nH]4)cc3)cc2)[nH]1. The van der Waals surface area contributed by atoms with Crippen LogP contribution in [-0.2, 0) is 19.1 Å². The van der Waals surface area contributed by atoms with E-state index in [1.54, 1.807) is 12.3 Å². The molecular weight excluding hydrogens is 709 g/mol. The first kappa shape index (κ1) is 37.5. The van der Waals surface area contributed by atoms with E-state index in [2.05, 4.69) is 79.1 Å². The minimum atomic E-state index is -0.537. The zero-order chi connectivity index (χ0) is 38.8. The first-order valence-corrected chi connectivity index (χ1v) is 19.7. The zero-order valence-electron chi connectivity index (χ0n) is 32.3. The van der Waals surface area contributed by atoms with Crippen LogP contribution in [0.15, 0.2) is 79.5 Å². The van der Waals surface area contributed by atoms with Gasteiger partial charge in [0.1, 0.15) is 29.8 Å². The second kappa shape index (κ2) is 16.3. The largest absolute Gasteiger partial charge is 0.358 e. The number of aromatic nitrogens is 6. The Kier molecular flexibility index (Phi) is 10.9. The van der Waals surface area contributed by atoms with Crippen molar-refractivity contribution in [3.63, 3.8) is 0 Å². The summed E-state index contributed by atoms with van der Waals surface area (Å²) in [6.07, 6.45) is 9.88. The molecule has 14 nitrogen and oxygen atoms in total. The minimum absolute atomic E-state index is 0.0408. The van der Waals surface area contributed by atoms with Gasteiger partial charge in [-0.3, -0.25) is 14.9 Å². The molecule has 2 amide bonds. The van der Waals surface area contributed by atoms with E-state index in [1.807, 2.05) is 49.9 Å². The maximum Gasteiger partial charge on any atom is 0.245 e. The van der Waals surface area contributed by atoms with Gasteiger partial charge in [-0.25, -0.2) is 19.9 Å². The fourth-order valence-electron chi connectivity index (χ4n) is 7.95. The van der Waals surface area contributed by atoms with Gasteiger partial charge in [0.2, 0.25) is 18.2 Å². The van der Waals surface area contributed by atoms with Crippen LogP contribution in [0.3, 0.4) is 0 Å². The standard InChI is InChI=1S/C42H50N10O4/c1-25(2)36(49-35-17-18-43-23-46-35)40(53)51-19-5-7-33(51)38-44-21-31(47-38)29-13-9-27(10-14-29)28-11-15-30(16-12-28)32-22-45-39(48-32)34-8-6-20-52(34)41(54)37(26(3)4)50-42-55-24-56-42/h9-18,21-23,25-26,33-34,36-37,42,50H,5-8,19-20,24H2,1-4H3,(H,44,47)(H,45,48)(H,43,46,49)/t33-,34-,36-,37-/m0/s1. The lowest BCUT2D eigenvalue weighted by Gasteiger charge is -2.35. The van der Waals surface area contributed by atoms with E-state index in [4.69, 9.17) is 19.4 Å². The number of H-pyrrole nitrogens is 2. The molecule has 8 rings (SSSR count). The highest BCUT2D eigenvalue weighted by Crippen LogP contribution is 2.35. The zero-order valence-corrected chi connectivity index (χ0v) is 32.3. The van der Waals surface area contributed by atoms with Gasteiger partial charge in [0.15, 0.2) is 6.79 Å². The lowest BCUT2D eigenvalue weighted by molar-refractivity contribution is -0.335. The normalized spacial score (nSPS) is 19.8. The third kappa shape index (κ3) is 7.81. The van der Waals surface area contributed by atoms with Gasteiger partial charge in [-0.15, -0.1) is 0 Å². The molecule has 0 bridgehead atoms. The molecule has 0 unspecified atom stereocenters. The molecule has 14 heteroatoms. The molecule has 6 heterocycles. The van der Waals surface area contributed by atoms with Crippen molar-refractivity contribution in [2.45, 2.75) is 84.0 Å². The molecule has 0 saturated carbocycles. The summed E-state index contributed by atoms with van der Waals surface area (Å²) in [7, 11) is 0. The quantitative estimate of drug-likeness (QED) is 0.107. The van der Waals surface area contributed by atoms with E-state index in [0.29, 0.717) is 18.9 Å². The number of imidazole rings is 2. The van der Waals surface area contributed by atoms with Crippen LogP contribution in [0, 0.1) is 11.8 Å². The highest BCUT2D eigenvalue weighted by Gasteiger charge is 2.39. The Morgan fingerprint density at radius 1 is 0.696 bits per heavy atom. The topological polar surface area (TPSA) is 166 Å². The lowest BCUT2D eigenvalue weighted by atomic mass is 10.0. The number of likely N-dealkylation sites (tertiary alicyclic amines) is 2. The molecule has 3 aliphatic rings. The van der Waals surface area contributed by atoms with Crippen molar-refractivity contribution in [2.24, 2.45) is 11.8 Å². The first-order valence-electron chi connectivity index (χ1n) is 19.7. The van der Waals surface area contributed by atoms with Gasteiger partial charge >= 0.3 is 0 Å². The number of ether oxygens (including phenoxy) is 2. The monoisotopic (exact) mass is 758 g/mol. The smallest absolute Gasteiger partial charge is 0.245 e. The Morgan fingerprint density at radius 3 is 1.64 bits per heavy atom. The first-order chi connectivity index (χ1) is 27.2. The van der Waals surface area contributed by atoms with E-state index in [9.17, 15) is 9.59 Å². The molecule has 56 heavy (non-hydrogen) atoms. The summed E-state index contributed by atoms with van der Waals surface area (Å²) in [4.78, 5) is 56.2. The van der Waals surface area contributed by atoms with Crippen molar-refractivity contribution < 1.29 is 19.1 Å². The van der Waals surface area contributed by atoms with E-state index in [1.165, 1.54) is 6.33 Å². The Labute approximate surface area is 326 Å². The predicted molar refractivity (Wildman–Crippen MR) is 211 cm³/mol. The minimum Gasteiger partial charge on any atom is -0.358 e. The van der Waals surface area contributed by atoms with Crippen LogP contribution >= 0.6 is 0 Å². The average Bonchev–Trinajstić information content (AvgIpc) is 4.03. The third-order valence-electron chi connectivity index (χ3n) is 11.1. The van der Waals surface area contributed by atoms with Gasteiger partial charge in [0.05, 0.1) is 41.9 Å². The Bertz CT molecular complexity index is 2100. The number of aromatic amines is 2. The molecule has 4 N–H and O–H groups in total. The number of nitrogens with one attached hydrogen (secondary N) is 4. The summed E-state index contributed by atoms with van der Waals surface area (Å²) < 4.78 is 10.7. The van der Waals surface area contributed by atoms with Crippen LogP contribution in [-0.4, -0.2) is 89.9 Å². The second-order valence-electron chi connectivity index (χ2n) is 15.5. The highest BCUT2D eigenvalue weighted by molar-refractivity contribution is 5.85. The van der Waals surface area contributed by atoms with Crippen molar-refractivity contribution in [1.82, 2.24) is 45.0 Å². The van der Waals surface area contributed by atoms with Crippen molar-refractivity contribution in [2.75, 3.05) is 25.2 Å². The Morgan fingerprint density at radius 2 is 1.20 bits per heavy atom. The molecule has 3 fully saturated rings. The fourth-order valence-corrected chi connectivity index (χ4v) is 7.95. The molecule has 3 saturated heterocycles. The molecule has 0 spiro atoms. The number of amides is 2. The van der Waals surface area contributed by atoms with Gasteiger partial charge in [-0.2, -0.15) is 0 Å². The van der Waals surface area contributed by atoms with E-state index < -0.39 is 18.5 Å². The van der Waals surface area contributed by atoms with Crippen LogP contribution in [0.4, 0.5) is 5.82 Å². The Balaban J connectivity index is 0.909. The van der Waals surface area contributed by atoms with Crippen molar-refractivity contribution >= 4 is 17.6 Å². The van der Waals surface area contributed by atoms with Crippen molar-refractivity contribution in [1.29, 1.82) is 0 Å². The number of nitrogens with zero attached hydrogens (tertiary/aromatic N) is 6. The fraction of sp³-hybridized carbons (Fsp3) is 0.429. The second-order valence-corrected chi connectivity index (χ2v) is 15.5. The number of hydrogen-bond acceptors (Lipinski definition) is 10. The van der Waals surface area contributed by atoms with Crippen LogP contribution in [0.1, 0.15) is 77.1 Å². The summed E-state index contributed by atoms with van der Waals surface area (Å²) in [5.74, 6) is 2.47. The van der Waals surface area contributed by atoms with Crippen molar-refractivity contribution in [3.8, 4) is 33.6 Å². The number of rotatable bonds is 13. The summed E-state index contributed by atoms with van der Waals surface area (Å²) in [6.45, 7) is 9.76. The molecule has 4 atom stereocenters. The lowest BCUT2D eigenvalue weighted by Crippen LogP contribution is -2.56. The predicted octanol–water partition coefficient (Wildman–Crippen LogP) is 6.29. The van der Waals surface area contributed by atoms with Gasteiger partial charge in [0.25, 0.3) is 0 Å². The molecule has 5 aromatic rings. The summed E-state index contributed by atoms with van der Waals surface area (Å²) in [6, 6.07) is 17.6. The summed E-state index contributed by atoms with van der Waals surface area (Å²) >= 11 is 0. The van der Waals surface area contributed by atoms with Crippen LogP contribution in [0.2, 0.25) is 0 Å². The molecule has 0 radical (unpaired) electrons. The molecular formula is C42H50N10O4. The molecule has 3 aliphatic heterocycles. The molecule has 0 aliphatic carbocycles. The highest BCUT2D eigenvalue weighted by atomic mass is 16.9. The number of hydrogen-bond donors (Lipinski definition) is 4. The maximum atomic E-state index is 13.8. The molecule has 2 aromatic carbocycles. The van der Waals surface area contributed by atoms with Gasteiger partial charge in [-0.05, 0) is 65.8 Å². The average molecular weight is 759 g/mol. The van der Waals surface area contributed by atoms with Gasteiger partial charge in [-0.1, -0.05) is 76.2 Å². The number of anilines is 1. The number of benzene rings is 2. The van der Waals surface area contributed by atoms with Crippen LogP contribution in [0.5, 0.6) is 0 Å². The Hall–Kier alpha value is -5.44.